The second-order valence-corrected chi connectivity index (χ2v) is 13.7. The predicted molar refractivity (Wildman–Crippen MR) is 136 cm³/mol. The summed E-state index contributed by atoms with van der Waals surface area (Å²) in [4.78, 5) is 23.1. The minimum Gasteiger partial charge on any atom is -0.508 e. The Morgan fingerprint density at radius 2 is 1.88 bits per heavy atom. The number of nitrogens with zero attached hydrogens (tertiary/aromatic N) is 3. The summed E-state index contributed by atoms with van der Waals surface area (Å²) in [5, 5.41) is 28.3. The molecule has 4 N–H and O–H groups in total. The molecule has 0 fully saturated rings. The van der Waals surface area contributed by atoms with E-state index < -0.39 is 14.0 Å². The van der Waals surface area contributed by atoms with Gasteiger partial charge in [-0.2, -0.15) is 5.10 Å². The van der Waals surface area contributed by atoms with Crippen LogP contribution in [-0.4, -0.2) is 42.7 Å². The van der Waals surface area contributed by atoms with E-state index in [1.807, 2.05) is 57.8 Å². The highest BCUT2D eigenvalue weighted by atomic mass is 28.4. The lowest BCUT2D eigenvalue weighted by Gasteiger charge is -2.18. The Morgan fingerprint density at radius 1 is 1.12 bits per heavy atom. The highest BCUT2D eigenvalue weighted by Gasteiger charge is 2.22. The maximum atomic E-state index is 12.7. The number of aryl methyl sites for hydroxylation is 1. The molecule has 9 heteroatoms. The Morgan fingerprint density at radius 3 is 2.59 bits per heavy atom. The van der Waals surface area contributed by atoms with Crippen molar-refractivity contribution in [2.24, 2.45) is 0 Å². The number of aromatic amines is 1. The van der Waals surface area contributed by atoms with Gasteiger partial charge in [-0.25, -0.2) is 14.5 Å². The standard InChI is InChI=1S/C25H32N4O4Si/c1-5-34(4,33)12-6-10-28-11-9-17-13-18(7-8-21(17)28)29-24(26-27-25(29)32)20-14-19(16(2)3)22(30)15-23(20)31/h7-9,11,13-16,30-31,33H,5-6,10,12H2,1-4H3,(H,27,32). The number of nitrogens with one attached hydrogen (secondary N) is 1. The van der Waals surface area contributed by atoms with Gasteiger partial charge in [-0.05, 0) is 66.9 Å². The van der Waals surface area contributed by atoms with Crippen molar-refractivity contribution < 1.29 is 15.0 Å². The molecule has 0 aliphatic carbocycles. The molecule has 2 aromatic carbocycles. The highest BCUT2D eigenvalue weighted by molar-refractivity contribution is 6.71. The van der Waals surface area contributed by atoms with Gasteiger partial charge >= 0.3 is 5.69 Å². The third-order valence-corrected chi connectivity index (χ3v) is 9.52. The van der Waals surface area contributed by atoms with Crippen molar-refractivity contribution in [3.05, 3.63) is 58.6 Å². The van der Waals surface area contributed by atoms with E-state index >= 15 is 0 Å². The Balaban J connectivity index is 1.70. The number of fused-ring (bicyclic) bond motifs is 1. The topological polar surface area (TPSA) is 116 Å². The lowest BCUT2D eigenvalue weighted by molar-refractivity contribution is 0.444. The van der Waals surface area contributed by atoms with E-state index in [9.17, 15) is 19.8 Å². The third kappa shape index (κ3) is 4.53. The summed E-state index contributed by atoms with van der Waals surface area (Å²) in [5.74, 6) is 0.153. The SMILES string of the molecule is CC[Si](C)(O)CCCn1ccc2cc(-n3c(-c4cc(C(C)C)c(O)cc4O)n[nH]c3=O)ccc21. The molecule has 4 rings (SSSR count). The van der Waals surface area contributed by atoms with Gasteiger partial charge in [0, 0.05) is 29.7 Å². The molecule has 2 heterocycles. The number of H-pyrrole nitrogens is 1. The molecular weight excluding hydrogens is 448 g/mol. The first-order chi connectivity index (χ1) is 16.1. The van der Waals surface area contributed by atoms with Crippen molar-refractivity contribution in [2.45, 2.75) is 58.3 Å². The van der Waals surface area contributed by atoms with Gasteiger partial charge in [-0.15, -0.1) is 0 Å². The molecule has 0 spiro atoms. The van der Waals surface area contributed by atoms with Gasteiger partial charge in [0.2, 0.25) is 0 Å². The van der Waals surface area contributed by atoms with Gasteiger partial charge in [0.15, 0.2) is 14.1 Å². The zero-order valence-corrected chi connectivity index (χ0v) is 21.0. The molecule has 0 saturated carbocycles. The second-order valence-electron chi connectivity index (χ2n) is 9.48. The number of aromatic nitrogens is 4. The number of benzene rings is 2. The van der Waals surface area contributed by atoms with Crippen molar-refractivity contribution in [3.8, 4) is 28.6 Å². The van der Waals surface area contributed by atoms with Gasteiger partial charge in [0.05, 0.1) is 11.3 Å². The van der Waals surface area contributed by atoms with Crippen LogP contribution >= 0.6 is 0 Å². The number of rotatable bonds is 8. The highest BCUT2D eigenvalue weighted by Crippen LogP contribution is 2.37. The number of hydrogen-bond donors (Lipinski definition) is 4. The Hall–Kier alpha value is -3.30. The molecule has 180 valence electrons. The molecule has 0 radical (unpaired) electrons. The number of aromatic hydroxyl groups is 2. The largest absolute Gasteiger partial charge is 0.508 e. The summed E-state index contributed by atoms with van der Waals surface area (Å²) in [6.45, 7) is 8.76. The number of phenols is 2. The van der Waals surface area contributed by atoms with Crippen molar-refractivity contribution in [1.82, 2.24) is 19.3 Å². The zero-order valence-electron chi connectivity index (χ0n) is 20.0. The monoisotopic (exact) mass is 480 g/mol. The van der Waals surface area contributed by atoms with Crippen LogP contribution in [0.1, 0.15) is 38.7 Å². The molecule has 0 amide bonds. The smallest absolute Gasteiger partial charge is 0.348 e. The van der Waals surface area contributed by atoms with Gasteiger partial charge < -0.3 is 19.6 Å². The van der Waals surface area contributed by atoms with Gasteiger partial charge in [-0.1, -0.05) is 20.8 Å². The summed E-state index contributed by atoms with van der Waals surface area (Å²) in [7, 11) is -2.09. The van der Waals surface area contributed by atoms with Crippen LogP contribution in [0, 0.1) is 0 Å². The van der Waals surface area contributed by atoms with Crippen LogP contribution in [0.3, 0.4) is 0 Å². The molecule has 34 heavy (non-hydrogen) atoms. The first-order valence-corrected chi connectivity index (χ1v) is 14.5. The first kappa shape index (κ1) is 23.8. The summed E-state index contributed by atoms with van der Waals surface area (Å²) < 4.78 is 3.59. The molecule has 0 bridgehead atoms. The maximum Gasteiger partial charge on any atom is 0.348 e. The third-order valence-electron chi connectivity index (χ3n) is 6.57. The van der Waals surface area contributed by atoms with Gasteiger partial charge in [0.1, 0.15) is 11.5 Å². The molecule has 4 aromatic rings. The van der Waals surface area contributed by atoms with Crippen molar-refractivity contribution >= 4 is 19.2 Å². The Bertz CT molecular complexity index is 1380. The molecule has 1 atom stereocenters. The molecule has 0 aliphatic heterocycles. The zero-order chi connectivity index (χ0) is 24.6. The Labute approximate surface area is 199 Å². The second kappa shape index (κ2) is 9.15. The lowest BCUT2D eigenvalue weighted by atomic mass is 9.98. The average Bonchev–Trinajstić information content (AvgIpc) is 3.36. The quantitative estimate of drug-likeness (QED) is 0.273. The maximum absolute atomic E-state index is 12.7. The van der Waals surface area contributed by atoms with Crippen LogP contribution in [0.15, 0.2) is 47.4 Å². The normalized spacial score (nSPS) is 13.6. The van der Waals surface area contributed by atoms with E-state index in [0.29, 0.717) is 16.8 Å². The molecule has 1 unspecified atom stereocenters. The number of hydrogen-bond acceptors (Lipinski definition) is 5. The summed E-state index contributed by atoms with van der Waals surface area (Å²) >= 11 is 0. The molecule has 8 nitrogen and oxygen atoms in total. The van der Waals surface area contributed by atoms with Crippen LogP contribution in [0.25, 0.3) is 28.0 Å². The number of phenolic OH excluding ortho intramolecular Hbond substituents is 2. The van der Waals surface area contributed by atoms with Gasteiger partial charge in [0.25, 0.3) is 0 Å². The minimum atomic E-state index is -2.09. The lowest BCUT2D eigenvalue weighted by Crippen LogP contribution is -2.28. The fourth-order valence-corrected chi connectivity index (χ4v) is 5.55. The van der Waals surface area contributed by atoms with E-state index in [-0.39, 0.29) is 23.2 Å². The van der Waals surface area contributed by atoms with Crippen molar-refractivity contribution in [3.63, 3.8) is 0 Å². The summed E-state index contributed by atoms with van der Waals surface area (Å²) in [5.41, 5.74) is 2.28. The van der Waals surface area contributed by atoms with Crippen LogP contribution in [0.4, 0.5) is 0 Å². The van der Waals surface area contributed by atoms with E-state index in [2.05, 4.69) is 14.8 Å². The van der Waals surface area contributed by atoms with Crippen LogP contribution in [0.2, 0.25) is 18.6 Å². The summed E-state index contributed by atoms with van der Waals surface area (Å²) in [6.07, 6.45) is 2.94. The minimum absolute atomic E-state index is 0.00607. The molecule has 0 aliphatic rings. The molecular formula is C25H32N4O4Si. The summed E-state index contributed by atoms with van der Waals surface area (Å²) in [6, 6.07) is 12.4. The van der Waals surface area contributed by atoms with Crippen LogP contribution in [-0.2, 0) is 6.54 Å². The predicted octanol–water partition coefficient (Wildman–Crippen LogP) is 4.69. The van der Waals surface area contributed by atoms with Crippen LogP contribution < -0.4 is 5.69 Å². The molecule has 0 saturated heterocycles. The van der Waals surface area contributed by atoms with E-state index in [1.54, 1.807) is 6.07 Å². The van der Waals surface area contributed by atoms with E-state index in [4.69, 9.17) is 0 Å². The van der Waals surface area contributed by atoms with Crippen LogP contribution in [0.5, 0.6) is 11.5 Å². The van der Waals surface area contributed by atoms with E-state index in [1.165, 1.54) is 10.6 Å². The first-order valence-electron chi connectivity index (χ1n) is 11.7. The van der Waals surface area contributed by atoms with E-state index in [0.717, 1.165) is 36.0 Å². The Kier molecular flexibility index (Phi) is 6.42. The van der Waals surface area contributed by atoms with Gasteiger partial charge in [-0.3, -0.25) is 0 Å². The average molecular weight is 481 g/mol. The fourth-order valence-electron chi connectivity index (χ4n) is 4.28. The fraction of sp³-hybridized carbons (Fsp3) is 0.360. The van der Waals surface area contributed by atoms with Crippen molar-refractivity contribution in [2.75, 3.05) is 0 Å². The molecule has 2 aromatic heterocycles. The van der Waals surface area contributed by atoms with Crippen molar-refractivity contribution in [1.29, 1.82) is 0 Å².